The molecule has 226 valence electrons. The molecule has 2 aliphatic rings. The van der Waals surface area contributed by atoms with Crippen molar-refractivity contribution in [1.82, 2.24) is 0 Å². The Morgan fingerprint density at radius 1 is 0.636 bits per heavy atom. The topological polar surface area (TPSA) is 0 Å². The maximum Gasteiger partial charge on any atom is -1.00 e. The molecule has 44 heavy (non-hydrogen) atoms. The Morgan fingerprint density at radius 2 is 1.14 bits per heavy atom. The van der Waals surface area contributed by atoms with Crippen LogP contribution in [0.4, 0.5) is 0 Å². The van der Waals surface area contributed by atoms with Gasteiger partial charge in [0.1, 0.15) is 0 Å². The minimum Gasteiger partial charge on any atom is -1.00 e. The van der Waals surface area contributed by atoms with Crippen LogP contribution in [0.15, 0.2) is 112 Å². The molecule has 0 heterocycles. The summed E-state index contributed by atoms with van der Waals surface area (Å²) in [4.78, 5) is 0. The van der Waals surface area contributed by atoms with Gasteiger partial charge < -0.3 is 24.8 Å². The van der Waals surface area contributed by atoms with E-state index in [0.29, 0.717) is 3.63 Å². The van der Waals surface area contributed by atoms with Crippen molar-refractivity contribution in [3.05, 3.63) is 145 Å². The maximum absolute atomic E-state index is 3.69. The van der Waals surface area contributed by atoms with Gasteiger partial charge >= 0.3 is 279 Å². The molecule has 2 aliphatic carbocycles. The second-order valence-corrected chi connectivity index (χ2v) is 21.8. The van der Waals surface area contributed by atoms with Crippen LogP contribution in [0.2, 0.25) is 3.63 Å². The van der Waals surface area contributed by atoms with Gasteiger partial charge in [-0.05, 0) is 0 Å². The molecule has 0 aliphatic heterocycles. The third-order valence-corrected chi connectivity index (χ3v) is 17.6. The van der Waals surface area contributed by atoms with Crippen molar-refractivity contribution in [3.8, 4) is 11.1 Å². The van der Waals surface area contributed by atoms with E-state index in [1.165, 1.54) is 38.9 Å². The van der Waals surface area contributed by atoms with E-state index in [1.807, 2.05) is 0 Å². The maximum atomic E-state index is 3.69. The molecule has 0 N–H and O–H groups in total. The van der Waals surface area contributed by atoms with E-state index in [2.05, 4.69) is 177 Å². The quantitative estimate of drug-likeness (QED) is 0.244. The molecule has 4 aromatic rings. The zero-order valence-electron chi connectivity index (χ0n) is 26.1. The molecule has 4 aromatic carbocycles. The number of fused-ring (bicyclic) bond motifs is 3. The van der Waals surface area contributed by atoms with E-state index in [4.69, 9.17) is 0 Å². The summed E-state index contributed by atoms with van der Waals surface area (Å²) in [6, 6.07) is 30.5. The molecule has 0 saturated heterocycles. The van der Waals surface area contributed by atoms with Crippen LogP contribution < -0.4 is 28.1 Å². The summed E-state index contributed by atoms with van der Waals surface area (Å²) in [6.07, 6.45) is 10.5. The molecule has 0 radical (unpaired) electrons. The Morgan fingerprint density at radius 3 is 1.64 bits per heavy atom. The molecule has 0 amide bonds. The smallest absolute Gasteiger partial charge is 1.00 e. The monoisotopic (exact) mass is 824 g/mol. The summed E-state index contributed by atoms with van der Waals surface area (Å²) in [7, 11) is 0. The fourth-order valence-corrected chi connectivity index (χ4v) is 15.1. The van der Waals surface area contributed by atoms with Crippen molar-refractivity contribution >= 4 is 38.3 Å². The van der Waals surface area contributed by atoms with E-state index in [0.717, 1.165) is 15.4 Å². The molecule has 0 fully saturated rings. The second-order valence-electron chi connectivity index (χ2n) is 13.7. The molecule has 0 bridgehead atoms. The van der Waals surface area contributed by atoms with Gasteiger partial charge in [0.15, 0.2) is 0 Å². The van der Waals surface area contributed by atoms with Crippen molar-refractivity contribution in [2.24, 2.45) is 0 Å². The molecule has 6 rings (SSSR count). The summed E-state index contributed by atoms with van der Waals surface area (Å²) in [6.45, 7) is 14.1. The van der Waals surface area contributed by atoms with Crippen molar-refractivity contribution < 1.29 is 46.1 Å². The molecular weight excluding hydrogens is 790 g/mol. The third-order valence-electron chi connectivity index (χ3n) is 8.66. The number of allylic oxidation sites excluding steroid dienone is 4. The summed E-state index contributed by atoms with van der Waals surface area (Å²) >= 11 is 4.70. The first-order valence-electron chi connectivity index (χ1n) is 14.8. The zero-order valence-corrected chi connectivity index (χ0v) is 33.3. The van der Waals surface area contributed by atoms with Gasteiger partial charge in [0.25, 0.3) is 0 Å². The van der Waals surface area contributed by atoms with Gasteiger partial charge in [0, 0.05) is 0 Å². The largest absolute Gasteiger partial charge is 1.00 e. The first-order chi connectivity index (χ1) is 19.9. The van der Waals surface area contributed by atoms with Crippen LogP contribution in [0, 0.1) is 0 Å². The molecule has 0 saturated carbocycles. The Bertz CT molecular complexity index is 1710. The molecule has 0 atom stereocenters. The van der Waals surface area contributed by atoms with Crippen LogP contribution in [0.1, 0.15) is 74.9 Å². The number of benzene rings is 4. The fourth-order valence-electron chi connectivity index (χ4n) is 6.23. The van der Waals surface area contributed by atoms with Crippen molar-refractivity contribution in [2.75, 3.05) is 0 Å². The molecule has 5 heteroatoms. The minimum atomic E-state index is -2.69. The van der Waals surface area contributed by atoms with E-state index < -0.39 is 21.3 Å². The summed E-state index contributed by atoms with van der Waals surface area (Å²) in [5, 5.41) is 0. The molecular formula is C39H38Br2Cl2Zr. The number of halogens is 4. The van der Waals surface area contributed by atoms with Crippen LogP contribution in [0.25, 0.3) is 11.1 Å². The van der Waals surface area contributed by atoms with E-state index in [9.17, 15) is 0 Å². The summed E-state index contributed by atoms with van der Waals surface area (Å²) < 4.78 is 5.91. The first-order valence-corrected chi connectivity index (χ1v) is 20.3. The van der Waals surface area contributed by atoms with Gasteiger partial charge in [0.05, 0.1) is 0 Å². The number of hydrogen-bond acceptors (Lipinski definition) is 0. The SMILES string of the molecule is CC(C)(C)c1ccc2c(c1)-c1cc(C(C)(C)C)c[c]([Zr+2](=[C](c3ccc(Br)cc3)c3ccc(Br)cc3)[CH]3C=CC=C3)c1C2.[Cl-].[Cl-]. The summed E-state index contributed by atoms with van der Waals surface area (Å²) in [5.41, 5.74) is 11.7. The van der Waals surface area contributed by atoms with Gasteiger partial charge in [-0.15, -0.1) is 0 Å². The van der Waals surface area contributed by atoms with Crippen molar-refractivity contribution in [2.45, 2.75) is 62.4 Å². The van der Waals surface area contributed by atoms with E-state index in [1.54, 1.807) is 12.0 Å². The number of rotatable bonds is 4. The normalized spacial score (nSPS) is 13.4. The van der Waals surface area contributed by atoms with E-state index in [-0.39, 0.29) is 35.6 Å². The van der Waals surface area contributed by atoms with Gasteiger partial charge in [-0.25, -0.2) is 0 Å². The Balaban J connectivity index is 0.00000221. The average Bonchev–Trinajstić information content (AvgIpc) is 3.60. The van der Waals surface area contributed by atoms with Crippen LogP contribution in [-0.2, 0) is 38.5 Å². The third kappa shape index (κ3) is 7.13. The Hall–Kier alpha value is -1.35. The average molecular weight is 829 g/mol. The zero-order chi connectivity index (χ0) is 29.8. The molecule has 0 spiro atoms. The molecule has 0 unspecified atom stereocenters. The van der Waals surface area contributed by atoms with Crippen LogP contribution in [0.5, 0.6) is 0 Å². The molecule has 0 nitrogen and oxygen atoms in total. The first kappa shape index (κ1) is 35.5. The summed E-state index contributed by atoms with van der Waals surface area (Å²) in [5.74, 6) is 0. The number of hydrogen-bond donors (Lipinski definition) is 0. The fraction of sp³-hybridized carbons (Fsp3) is 0.256. The van der Waals surface area contributed by atoms with Crippen molar-refractivity contribution in [1.29, 1.82) is 0 Å². The van der Waals surface area contributed by atoms with Crippen LogP contribution >= 0.6 is 31.9 Å². The van der Waals surface area contributed by atoms with Crippen LogP contribution in [-0.4, -0.2) is 3.21 Å². The van der Waals surface area contributed by atoms with Gasteiger partial charge in [-0.2, -0.15) is 0 Å². The molecule has 0 aromatic heterocycles. The minimum absolute atomic E-state index is 0. The van der Waals surface area contributed by atoms with Gasteiger partial charge in [0.2, 0.25) is 0 Å². The standard InChI is InChI=1S/C21H25.C13H8Br2.C5H5.2ClH.Zr/c1-20(2,3)16-9-7-14-11-15-8-10-17(21(4,5)6)13-19(15)18(14)12-16;14-12-5-1-10(2-6-12)9-11-3-7-13(15)8-4-11;1-2-4-5-3-1;;;/h7,9-10,12-13H,11H2,1-6H3;1-8H;1-5H;2*1H;/q;;;;;+2/p-2. The Labute approximate surface area is 300 Å². The van der Waals surface area contributed by atoms with E-state index >= 15 is 0 Å². The van der Waals surface area contributed by atoms with Crippen LogP contribution in [0.3, 0.4) is 0 Å². The van der Waals surface area contributed by atoms with Gasteiger partial charge in [-0.1, -0.05) is 0 Å². The predicted molar refractivity (Wildman–Crippen MR) is 185 cm³/mol. The Kier molecular flexibility index (Phi) is 11.1. The van der Waals surface area contributed by atoms with Crippen molar-refractivity contribution in [3.63, 3.8) is 0 Å². The van der Waals surface area contributed by atoms with Gasteiger partial charge in [-0.3, -0.25) is 0 Å². The predicted octanol–water partition coefficient (Wildman–Crippen LogP) is 4.81. The second kappa shape index (κ2) is 13.8.